The SMILES string of the molecule is COc1ccc(Cc2cn([C@@H]3O[C@H](CO)[C@@H](O)[C@H](O)[C@H]3O)c3c(Cl)ccc(F)c23)cc1. The van der Waals surface area contributed by atoms with Gasteiger partial charge in [-0.15, -0.1) is 0 Å². The molecule has 0 amide bonds. The first-order chi connectivity index (χ1) is 14.8. The molecule has 0 spiro atoms. The molecule has 7 nitrogen and oxygen atoms in total. The molecule has 2 heterocycles. The second-order valence-electron chi connectivity index (χ2n) is 7.56. The number of rotatable bonds is 5. The van der Waals surface area contributed by atoms with Crippen molar-refractivity contribution in [2.24, 2.45) is 0 Å². The molecule has 4 rings (SSSR count). The van der Waals surface area contributed by atoms with Crippen molar-refractivity contribution in [2.75, 3.05) is 13.7 Å². The highest BCUT2D eigenvalue weighted by Gasteiger charge is 2.44. The highest BCUT2D eigenvalue weighted by molar-refractivity contribution is 6.35. The van der Waals surface area contributed by atoms with Crippen LogP contribution in [0.5, 0.6) is 5.75 Å². The van der Waals surface area contributed by atoms with E-state index >= 15 is 0 Å². The van der Waals surface area contributed by atoms with Gasteiger partial charge < -0.3 is 34.5 Å². The van der Waals surface area contributed by atoms with Crippen molar-refractivity contribution >= 4 is 22.5 Å². The van der Waals surface area contributed by atoms with E-state index in [2.05, 4.69) is 0 Å². The lowest BCUT2D eigenvalue weighted by Gasteiger charge is -2.40. The van der Waals surface area contributed by atoms with Crippen LogP contribution in [0.4, 0.5) is 4.39 Å². The number of halogens is 2. The van der Waals surface area contributed by atoms with Crippen LogP contribution >= 0.6 is 11.6 Å². The molecule has 0 bridgehead atoms. The second-order valence-corrected chi connectivity index (χ2v) is 7.97. The molecular formula is C22H23ClFNO6. The van der Waals surface area contributed by atoms with Crippen molar-refractivity contribution in [1.29, 1.82) is 0 Å². The lowest BCUT2D eigenvalue weighted by Crippen LogP contribution is -2.56. The van der Waals surface area contributed by atoms with E-state index < -0.39 is 43.1 Å². The third-order valence-corrected chi connectivity index (χ3v) is 5.95. The van der Waals surface area contributed by atoms with Crippen LogP contribution in [0.15, 0.2) is 42.6 Å². The van der Waals surface area contributed by atoms with Gasteiger partial charge in [-0.05, 0) is 41.8 Å². The average molecular weight is 452 g/mol. The Bertz CT molecular complexity index is 1070. The van der Waals surface area contributed by atoms with Crippen LogP contribution in [0, 0.1) is 5.82 Å². The van der Waals surface area contributed by atoms with Gasteiger partial charge in [0.2, 0.25) is 0 Å². The molecule has 2 aromatic carbocycles. The van der Waals surface area contributed by atoms with Gasteiger partial charge in [-0.2, -0.15) is 0 Å². The van der Waals surface area contributed by atoms with Crippen molar-refractivity contribution in [3.63, 3.8) is 0 Å². The summed E-state index contributed by atoms with van der Waals surface area (Å²) in [4.78, 5) is 0. The van der Waals surface area contributed by atoms with Crippen LogP contribution in [0.3, 0.4) is 0 Å². The van der Waals surface area contributed by atoms with E-state index in [4.69, 9.17) is 21.1 Å². The minimum absolute atomic E-state index is 0.231. The first-order valence-electron chi connectivity index (χ1n) is 9.76. The molecule has 1 aromatic heterocycles. The summed E-state index contributed by atoms with van der Waals surface area (Å²) >= 11 is 6.39. The van der Waals surface area contributed by atoms with Gasteiger partial charge in [0.25, 0.3) is 0 Å². The number of benzene rings is 2. The molecule has 5 atom stereocenters. The zero-order chi connectivity index (χ0) is 22.3. The van der Waals surface area contributed by atoms with E-state index in [-0.39, 0.29) is 15.9 Å². The molecule has 166 valence electrons. The Kier molecular flexibility index (Phi) is 6.20. The number of fused-ring (bicyclic) bond motifs is 1. The molecule has 0 saturated carbocycles. The maximum atomic E-state index is 14.9. The summed E-state index contributed by atoms with van der Waals surface area (Å²) in [6.07, 6.45) is -4.91. The number of aliphatic hydroxyl groups excluding tert-OH is 4. The molecule has 9 heteroatoms. The molecule has 0 unspecified atom stereocenters. The summed E-state index contributed by atoms with van der Waals surface area (Å²) in [5.74, 6) is 0.202. The highest BCUT2D eigenvalue weighted by Crippen LogP contribution is 2.38. The molecule has 0 radical (unpaired) electrons. The smallest absolute Gasteiger partial charge is 0.163 e. The summed E-state index contributed by atoms with van der Waals surface area (Å²) in [5.41, 5.74) is 1.78. The van der Waals surface area contributed by atoms with Gasteiger partial charge in [-0.25, -0.2) is 4.39 Å². The maximum absolute atomic E-state index is 14.9. The number of aromatic nitrogens is 1. The van der Waals surface area contributed by atoms with Gasteiger partial charge in [0.1, 0.15) is 36.0 Å². The molecule has 3 aromatic rings. The average Bonchev–Trinajstić information content (AvgIpc) is 3.15. The predicted octanol–water partition coefficient (Wildman–Crippen LogP) is 2.01. The largest absolute Gasteiger partial charge is 0.497 e. The van der Waals surface area contributed by atoms with Crippen LogP contribution in [0.2, 0.25) is 5.02 Å². The van der Waals surface area contributed by atoms with Gasteiger partial charge in [0.05, 0.1) is 24.3 Å². The number of hydrogen-bond acceptors (Lipinski definition) is 6. The van der Waals surface area contributed by atoms with Crippen LogP contribution in [0.25, 0.3) is 10.9 Å². The normalized spacial score (nSPS) is 26.4. The van der Waals surface area contributed by atoms with E-state index in [9.17, 15) is 24.8 Å². The Balaban J connectivity index is 1.81. The Labute approximate surface area is 182 Å². The summed E-state index contributed by atoms with van der Waals surface area (Å²) in [6.45, 7) is -0.568. The Hall–Kier alpha value is -2.20. The third kappa shape index (κ3) is 3.91. The van der Waals surface area contributed by atoms with E-state index in [1.54, 1.807) is 25.4 Å². The standard InChI is InChI=1S/C22H23ClFNO6/c1-30-13-4-2-11(3-5-13)8-12-9-25(18-14(23)6-7-15(24)17(12)18)22-21(29)20(28)19(27)16(10-26)31-22/h2-7,9,16,19-22,26-29H,8,10H2,1H3/t16-,19-,20+,21-,22-/m1/s1. The first-order valence-corrected chi connectivity index (χ1v) is 10.1. The molecule has 1 aliphatic heterocycles. The Morgan fingerprint density at radius 1 is 1.06 bits per heavy atom. The van der Waals surface area contributed by atoms with Crippen molar-refractivity contribution in [2.45, 2.75) is 37.1 Å². The summed E-state index contributed by atoms with van der Waals surface area (Å²) in [6, 6.07) is 9.98. The number of nitrogens with zero attached hydrogens (tertiary/aromatic N) is 1. The van der Waals surface area contributed by atoms with Crippen molar-refractivity contribution in [3.8, 4) is 5.75 Å². The number of ether oxygens (including phenoxy) is 2. The van der Waals surface area contributed by atoms with Crippen LogP contribution < -0.4 is 4.74 Å². The van der Waals surface area contributed by atoms with Crippen LogP contribution in [0.1, 0.15) is 17.4 Å². The van der Waals surface area contributed by atoms with Crippen molar-refractivity contribution in [1.82, 2.24) is 4.57 Å². The molecule has 1 aliphatic rings. The first kappa shape index (κ1) is 22.0. The number of aliphatic hydroxyl groups is 4. The predicted molar refractivity (Wildman–Crippen MR) is 112 cm³/mol. The highest BCUT2D eigenvalue weighted by atomic mass is 35.5. The fraction of sp³-hybridized carbons (Fsp3) is 0.364. The monoisotopic (exact) mass is 451 g/mol. The summed E-state index contributed by atoms with van der Waals surface area (Å²) in [7, 11) is 1.57. The lowest BCUT2D eigenvalue weighted by molar-refractivity contribution is -0.250. The maximum Gasteiger partial charge on any atom is 0.163 e. The van der Waals surface area contributed by atoms with Gasteiger partial charge in [-0.3, -0.25) is 0 Å². The zero-order valence-electron chi connectivity index (χ0n) is 16.7. The van der Waals surface area contributed by atoms with Crippen LogP contribution in [-0.4, -0.2) is 63.1 Å². The molecule has 1 fully saturated rings. The Morgan fingerprint density at radius 3 is 2.42 bits per heavy atom. The Morgan fingerprint density at radius 2 is 1.77 bits per heavy atom. The van der Waals surface area contributed by atoms with Gasteiger partial charge in [0.15, 0.2) is 6.23 Å². The summed E-state index contributed by atoms with van der Waals surface area (Å²) < 4.78 is 27.2. The van der Waals surface area contributed by atoms with Crippen LogP contribution in [-0.2, 0) is 11.2 Å². The van der Waals surface area contributed by atoms with Gasteiger partial charge >= 0.3 is 0 Å². The number of hydrogen-bond donors (Lipinski definition) is 4. The second kappa shape index (κ2) is 8.74. The number of methoxy groups -OCH3 is 1. The third-order valence-electron chi connectivity index (χ3n) is 5.65. The van der Waals surface area contributed by atoms with E-state index in [0.29, 0.717) is 17.7 Å². The summed E-state index contributed by atoms with van der Waals surface area (Å²) in [5, 5.41) is 40.8. The minimum atomic E-state index is -1.56. The molecule has 1 saturated heterocycles. The lowest BCUT2D eigenvalue weighted by atomic mass is 9.98. The van der Waals surface area contributed by atoms with E-state index in [0.717, 1.165) is 5.56 Å². The topological polar surface area (TPSA) is 104 Å². The molecule has 31 heavy (non-hydrogen) atoms. The molecule has 4 N–H and O–H groups in total. The van der Waals surface area contributed by atoms with Gasteiger partial charge in [-0.1, -0.05) is 23.7 Å². The minimum Gasteiger partial charge on any atom is -0.497 e. The quantitative estimate of drug-likeness (QED) is 0.473. The molecule has 0 aliphatic carbocycles. The zero-order valence-corrected chi connectivity index (χ0v) is 17.4. The fourth-order valence-corrected chi connectivity index (χ4v) is 4.26. The van der Waals surface area contributed by atoms with E-state index in [1.807, 2.05) is 12.1 Å². The van der Waals surface area contributed by atoms with Gasteiger partial charge in [0, 0.05) is 11.6 Å². The fourth-order valence-electron chi connectivity index (χ4n) is 4.01. The van der Waals surface area contributed by atoms with Crippen molar-refractivity contribution < 1.29 is 34.3 Å². The molecular weight excluding hydrogens is 429 g/mol. The van der Waals surface area contributed by atoms with Crippen molar-refractivity contribution in [3.05, 3.63) is 64.6 Å². The van der Waals surface area contributed by atoms with E-state index in [1.165, 1.54) is 16.7 Å².